The number of ketones is 1. The fourth-order valence-corrected chi connectivity index (χ4v) is 2.20. The molecule has 0 aliphatic heterocycles. The standard InChI is InChI=1S/C18H16BrNO4/c19-15-8-6-14(7-9-15)16(21)12-24-18(23)11-20-17(22)10-13-4-2-1-3-5-13/h1-9H,10-12H2,(H,20,22). The fourth-order valence-electron chi connectivity index (χ4n) is 1.93. The van der Waals surface area contributed by atoms with Gasteiger partial charge in [-0.2, -0.15) is 0 Å². The van der Waals surface area contributed by atoms with E-state index in [1.807, 2.05) is 30.3 Å². The third-order valence-electron chi connectivity index (χ3n) is 3.17. The van der Waals surface area contributed by atoms with Gasteiger partial charge in [0, 0.05) is 10.0 Å². The Balaban J connectivity index is 1.70. The van der Waals surface area contributed by atoms with Crippen LogP contribution < -0.4 is 5.32 Å². The number of benzene rings is 2. The molecule has 1 N–H and O–H groups in total. The maximum atomic E-state index is 11.9. The van der Waals surface area contributed by atoms with E-state index in [0.29, 0.717) is 5.56 Å². The summed E-state index contributed by atoms with van der Waals surface area (Å²) in [6.07, 6.45) is 0.186. The van der Waals surface area contributed by atoms with Crippen molar-refractivity contribution in [3.05, 3.63) is 70.2 Å². The van der Waals surface area contributed by atoms with Crippen molar-refractivity contribution in [2.75, 3.05) is 13.2 Å². The summed E-state index contributed by atoms with van der Waals surface area (Å²) in [7, 11) is 0. The lowest BCUT2D eigenvalue weighted by Crippen LogP contribution is -2.32. The predicted octanol–water partition coefficient (Wildman–Crippen LogP) is 2.53. The first-order chi connectivity index (χ1) is 11.5. The molecule has 0 aliphatic rings. The van der Waals surface area contributed by atoms with E-state index in [1.54, 1.807) is 24.3 Å². The van der Waals surface area contributed by atoms with E-state index >= 15 is 0 Å². The molecule has 0 saturated heterocycles. The number of Topliss-reactive ketones (excluding diaryl/α,β-unsaturated/α-hetero) is 1. The Labute approximate surface area is 148 Å². The van der Waals surface area contributed by atoms with E-state index in [2.05, 4.69) is 21.2 Å². The van der Waals surface area contributed by atoms with E-state index in [9.17, 15) is 14.4 Å². The van der Waals surface area contributed by atoms with Crippen LogP contribution in [0.2, 0.25) is 0 Å². The molecule has 0 spiro atoms. The third-order valence-corrected chi connectivity index (χ3v) is 3.70. The summed E-state index contributed by atoms with van der Waals surface area (Å²) in [5.41, 5.74) is 1.31. The van der Waals surface area contributed by atoms with Crippen LogP contribution in [0.15, 0.2) is 59.1 Å². The Bertz CT molecular complexity index is 714. The lowest BCUT2D eigenvalue weighted by atomic mass is 10.1. The Kier molecular flexibility index (Phi) is 6.69. The highest BCUT2D eigenvalue weighted by Gasteiger charge is 2.11. The molecule has 2 aromatic carbocycles. The summed E-state index contributed by atoms with van der Waals surface area (Å²) in [4.78, 5) is 35.2. The van der Waals surface area contributed by atoms with Crippen LogP contribution in [-0.2, 0) is 20.7 Å². The van der Waals surface area contributed by atoms with Crippen molar-refractivity contribution in [3.8, 4) is 0 Å². The summed E-state index contributed by atoms with van der Waals surface area (Å²) in [5.74, 6) is -1.23. The fraction of sp³-hybridized carbons (Fsp3) is 0.167. The molecule has 5 nitrogen and oxygen atoms in total. The predicted molar refractivity (Wildman–Crippen MR) is 92.6 cm³/mol. The molecule has 0 aliphatic carbocycles. The van der Waals surface area contributed by atoms with Gasteiger partial charge in [0.1, 0.15) is 6.54 Å². The van der Waals surface area contributed by atoms with Crippen molar-refractivity contribution in [1.29, 1.82) is 0 Å². The zero-order chi connectivity index (χ0) is 17.4. The Hall–Kier alpha value is -2.47. The molecule has 0 atom stereocenters. The number of ether oxygens (including phenoxy) is 1. The van der Waals surface area contributed by atoms with Crippen LogP contribution >= 0.6 is 15.9 Å². The molecule has 0 heterocycles. The molecule has 0 unspecified atom stereocenters. The Morgan fingerprint density at radius 3 is 2.29 bits per heavy atom. The number of hydrogen-bond acceptors (Lipinski definition) is 4. The van der Waals surface area contributed by atoms with Gasteiger partial charge in [-0.1, -0.05) is 58.4 Å². The molecule has 0 aromatic heterocycles. The molecule has 124 valence electrons. The summed E-state index contributed by atoms with van der Waals surface area (Å²) >= 11 is 3.28. The number of rotatable bonds is 7. The second-order valence-electron chi connectivity index (χ2n) is 5.03. The molecule has 24 heavy (non-hydrogen) atoms. The first kappa shape index (κ1) is 17.9. The van der Waals surface area contributed by atoms with Crippen molar-refractivity contribution in [2.45, 2.75) is 6.42 Å². The van der Waals surface area contributed by atoms with Crippen molar-refractivity contribution in [2.24, 2.45) is 0 Å². The number of carbonyl (C=O) groups excluding carboxylic acids is 3. The minimum atomic E-state index is -0.651. The molecular formula is C18H16BrNO4. The van der Waals surface area contributed by atoms with Crippen molar-refractivity contribution < 1.29 is 19.1 Å². The van der Waals surface area contributed by atoms with E-state index in [1.165, 1.54) is 0 Å². The maximum Gasteiger partial charge on any atom is 0.325 e. The topological polar surface area (TPSA) is 72.5 Å². The van der Waals surface area contributed by atoms with E-state index < -0.39 is 5.97 Å². The number of esters is 1. The minimum absolute atomic E-state index is 0.186. The van der Waals surface area contributed by atoms with E-state index in [0.717, 1.165) is 10.0 Å². The second-order valence-corrected chi connectivity index (χ2v) is 5.95. The van der Waals surface area contributed by atoms with Crippen LogP contribution in [0.4, 0.5) is 0 Å². The molecule has 0 radical (unpaired) electrons. The van der Waals surface area contributed by atoms with Crippen molar-refractivity contribution in [1.82, 2.24) is 5.32 Å². The molecule has 0 fully saturated rings. The first-order valence-corrected chi connectivity index (χ1v) is 8.09. The Morgan fingerprint density at radius 1 is 0.958 bits per heavy atom. The van der Waals surface area contributed by atoms with Gasteiger partial charge in [-0.15, -0.1) is 0 Å². The van der Waals surface area contributed by atoms with Crippen LogP contribution in [0.3, 0.4) is 0 Å². The highest BCUT2D eigenvalue weighted by atomic mass is 79.9. The van der Waals surface area contributed by atoms with Gasteiger partial charge in [-0.05, 0) is 17.7 Å². The molecular weight excluding hydrogens is 374 g/mol. The smallest absolute Gasteiger partial charge is 0.325 e. The van der Waals surface area contributed by atoms with Crippen LogP contribution in [0.25, 0.3) is 0 Å². The molecule has 0 bridgehead atoms. The monoisotopic (exact) mass is 389 g/mol. The van der Waals surface area contributed by atoms with Gasteiger partial charge in [0.2, 0.25) is 5.91 Å². The maximum absolute atomic E-state index is 11.9. The molecule has 2 aromatic rings. The van der Waals surface area contributed by atoms with Crippen LogP contribution in [-0.4, -0.2) is 30.8 Å². The van der Waals surface area contributed by atoms with Gasteiger partial charge in [0.05, 0.1) is 6.42 Å². The number of carbonyl (C=O) groups is 3. The van der Waals surface area contributed by atoms with Gasteiger partial charge < -0.3 is 10.1 Å². The molecule has 6 heteroatoms. The number of nitrogens with one attached hydrogen (secondary N) is 1. The minimum Gasteiger partial charge on any atom is -0.456 e. The molecule has 1 amide bonds. The summed E-state index contributed by atoms with van der Waals surface area (Å²) in [6.45, 7) is -0.617. The second kappa shape index (κ2) is 8.98. The van der Waals surface area contributed by atoms with E-state index in [4.69, 9.17) is 4.74 Å². The first-order valence-electron chi connectivity index (χ1n) is 7.29. The van der Waals surface area contributed by atoms with Gasteiger partial charge in [0.15, 0.2) is 12.4 Å². The molecule has 0 saturated carbocycles. The highest BCUT2D eigenvalue weighted by Crippen LogP contribution is 2.11. The highest BCUT2D eigenvalue weighted by molar-refractivity contribution is 9.10. The Morgan fingerprint density at radius 2 is 1.62 bits per heavy atom. The summed E-state index contributed by atoms with van der Waals surface area (Å²) < 4.78 is 5.73. The largest absolute Gasteiger partial charge is 0.456 e. The van der Waals surface area contributed by atoms with Gasteiger partial charge >= 0.3 is 5.97 Å². The lowest BCUT2D eigenvalue weighted by molar-refractivity contribution is -0.142. The normalized spacial score (nSPS) is 10.0. The molecule has 2 rings (SSSR count). The van der Waals surface area contributed by atoms with Gasteiger partial charge in [-0.25, -0.2) is 0 Å². The average molecular weight is 390 g/mol. The SMILES string of the molecule is O=C(Cc1ccccc1)NCC(=O)OCC(=O)c1ccc(Br)cc1. The van der Waals surface area contributed by atoms with Crippen LogP contribution in [0, 0.1) is 0 Å². The average Bonchev–Trinajstić information content (AvgIpc) is 2.59. The van der Waals surface area contributed by atoms with Crippen molar-refractivity contribution >= 4 is 33.6 Å². The van der Waals surface area contributed by atoms with Crippen LogP contribution in [0.1, 0.15) is 15.9 Å². The quantitative estimate of drug-likeness (QED) is 0.583. The van der Waals surface area contributed by atoms with Gasteiger partial charge in [0.25, 0.3) is 0 Å². The van der Waals surface area contributed by atoms with Gasteiger partial charge in [-0.3, -0.25) is 14.4 Å². The van der Waals surface area contributed by atoms with Crippen LogP contribution in [0.5, 0.6) is 0 Å². The third kappa shape index (κ3) is 5.96. The number of amides is 1. The lowest BCUT2D eigenvalue weighted by Gasteiger charge is -2.06. The summed E-state index contributed by atoms with van der Waals surface area (Å²) in [5, 5.41) is 2.47. The summed E-state index contributed by atoms with van der Waals surface area (Å²) in [6, 6.07) is 15.9. The number of halogens is 1. The zero-order valence-electron chi connectivity index (χ0n) is 12.8. The van der Waals surface area contributed by atoms with E-state index in [-0.39, 0.29) is 31.3 Å². The zero-order valence-corrected chi connectivity index (χ0v) is 14.4. The number of hydrogen-bond donors (Lipinski definition) is 1. The van der Waals surface area contributed by atoms with Crippen molar-refractivity contribution in [3.63, 3.8) is 0 Å².